The molecule has 1 heterocycles. The van der Waals surface area contributed by atoms with Crippen LogP contribution in [0.5, 0.6) is 5.75 Å². The summed E-state index contributed by atoms with van der Waals surface area (Å²) in [6.07, 6.45) is 13.6. The van der Waals surface area contributed by atoms with Gasteiger partial charge in [0.25, 0.3) is 0 Å². The van der Waals surface area contributed by atoms with Crippen LogP contribution in [0.2, 0.25) is 0 Å². The number of hydrogen-bond acceptors (Lipinski definition) is 22. The normalized spacial score (nSPS) is 12.8. The van der Waals surface area contributed by atoms with Gasteiger partial charge in [0.2, 0.25) is 0 Å². The van der Waals surface area contributed by atoms with E-state index >= 15 is 0 Å². The molecule has 3 aromatic carbocycles. The first-order valence-corrected chi connectivity index (χ1v) is 29.1. The van der Waals surface area contributed by atoms with Crippen LogP contribution in [-0.2, 0) is 57.6 Å². The van der Waals surface area contributed by atoms with Crippen molar-refractivity contribution < 1.29 is 84.3 Å². The molecule has 8 unspecified atom stereocenters. The van der Waals surface area contributed by atoms with Crippen molar-refractivity contribution in [1.82, 2.24) is 4.98 Å². The number of carboxylic acids is 8. The summed E-state index contributed by atoms with van der Waals surface area (Å²) in [5, 5.41) is 77.4. The van der Waals surface area contributed by atoms with Gasteiger partial charge < -0.3 is 125 Å². The molecule has 0 aliphatic rings. The maximum absolute atomic E-state index is 10.6. The molecule has 0 saturated heterocycles. The molecule has 4 aromatic rings. The van der Waals surface area contributed by atoms with Gasteiger partial charge in [0, 0.05) is 23.5 Å². The summed E-state index contributed by atoms with van der Waals surface area (Å²) in [7, 11) is 0. The zero-order valence-electron chi connectivity index (χ0n) is 51.3. The second kappa shape index (κ2) is 56.5. The van der Waals surface area contributed by atoms with Gasteiger partial charge in [0.15, 0.2) is 0 Å². The predicted octanol–water partition coefficient (Wildman–Crippen LogP) is -0.254. The van der Waals surface area contributed by atoms with Crippen LogP contribution in [0.15, 0.2) is 85.1 Å². The number of benzene rings is 3. The van der Waals surface area contributed by atoms with Crippen LogP contribution >= 0.6 is 0 Å². The summed E-state index contributed by atoms with van der Waals surface area (Å²) < 4.78 is 0. The number of nitrogens with one attached hydrogen (secondary N) is 1. The number of fused-ring (bicyclic) bond motifs is 1. The molecule has 36 N–H and O–H groups in total. The summed E-state index contributed by atoms with van der Waals surface area (Å²) in [5.41, 5.74) is 72.0. The third kappa shape index (κ3) is 51.2. The number of phenols is 1. The molecule has 1 aromatic heterocycles. The minimum absolute atomic E-state index is 0.160. The van der Waals surface area contributed by atoms with Crippen LogP contribution in [0.25, 0.3) is 10.9 Å². The first-order valence-electron chi connectivity index (χ1n) is 29.1. The highest BCUT2D eigenvalue weighted by atomic mass is 16.4. The molecule has 4 rings (SSSR count). The van der Waals surface area contributed by atoms with Gasteiger partial charge in [-0.1, -0.05) is 92.8 Å². The molecule has 0 aliphatic heterocycles. The van der Waals surface area contributed by atoms with E-state index in [-0.39, 0.29) is 12.2 Å². The van der Waals surface area contributed by atoms with Crippen molar-refractivity contribution in [3.8, 4) is 5.75 Å². The molecule has 31 nitrogen and oxygen atoms in total. The Morgan fingerprint density at radius 3 is 0.856 bits per heavy atom. The van der Waals surface area contributed by atoms with Crippen molar-refractivity contribution in [1.29, 1.82) is 0 Å². The second-order valence-electron chi connectivity index (χ2n) is 20.1. The maximum Gasteiger partial charge on any atom is 0.320 e. The smallest absolute Gasteiger partial charge is 0.320 e. The topological polar surface area (TPSA) is 673 Å². The minimum Gasteiger partial charge on any atom is -0.508 e. The zero-order valence-corrected chi connectivity index (χ0v) is 51.3. The van der Waals surface area contributed by atoms with Gasteiger partial charge in [0.05, 0.1) is 0 Å². The minimum atomic E-state index is -1.02. The van der Waals surface area contributed by atoms with E-state index in [1.54, 1.807) is 12.1 Å². The lowest BCUT2D eigenvalue weighted by atomic mass is 10.1. The predicted molar refractivity (Wildman–Crippen MR) is 343 cm³/mol. The van der Waals surface area contributed by atoms with E-state index in [2.05, 4.69) is 4.98 Å². The third-order valence-electron chi connectivity index (χ3n) is 12.2. The SMILES string of the molecule is NC(Cc1c[nH]c2ccccc12)C(=O)O.NC(Cc1ccc(O)cc1)C(=O)O.NC(Cc1ccccc1)C(=O)O.NCCCCC(N)C(=O)O.NCCCCC(N)C(=O)O.NCCCCC(N)C(=O)O.NCCCCC(N)C(=O)O.NCCCCC(N)C(=O)O. The van der Waals surface area contributed by atoms with E-state index in [1.165, 1.54) is 12.1 Å². The molecule has 0 saturated carbocycles. The Morgan fingerprint density at radius 2 is 0.578 bits per heavy atom. The second-order valence-corrected chi connectivity index (χ2v) is 20.1. The monoisotopic (exact) mass is 1280 g/mol. The Morgan fingerprint density at radius 1 is 0.322 bits per heavy atom. The summed E-state index contributed by atoms with van der Waals surface area (Å²) in [6, 6.07) is 17.3. The molecule has 0 fully saturated rings. The van der Waals surface area contributed by atoms with Crippen molar-refractivity contribution in [3.05, 3.63) is 102 Å². The summed E-state index contributed by atoms with van der Waals surface area (Å²) in [4.78, 5) is 85.2. The number of phenolic OH excluding ortho intramolecular Hbond substituents is 1. The van der Waals surface area contributed by atoms with Crippen molar-refractivity contribution in [2.45, 2.75) is 164 Å². The third-order valence-corrected chi connectivity index (χ3v) is 12.2. The number of aromatic amines is 1. The molecular formula is C59H104N14O17. The summed E-state index contributed by atoms with van der Waals surface area (Å²) in [6.45, 7) is 3.02. The number of para-hydroxylation sites is 1. The lowest BCUT2D eigenvalue weighted by Crippen LogP contribution is -2.32. The quantitative estimate of drug-likeness (QED) is 0.0268. The number of aliphatic carboxylic acids is 8. The number of nitrogens with two attached hydrogens (primary N) is 13. The molecule has 0 bridgehead atoms. The van der Waals surface area contributed by atoms with Gasteiger partial charge in [0.1, 0.15) is 54.1 Å². The Balaban J connectivity index is -0.000000472. The van der Waals surface area contributed by atoms with E-state index in [9.17, 15) is 38.4 Å². The molecule has 0 aliphatic carbocycles. The van der Waals surface area contributed by atoms with Gasteiger partial charge in [-0.25, -0.2) is 0 Å². The number of hydrogen-bond donors (Lipinski definition) is 23. The van der Waals surface area contributed by atoms with Crippen LogP contribution in [-0.4, -0.2) is 180 Å². The van der Waals surface area contributed by atoms with Gasteiger partial charge in [-0.05, 0) is 145 Å². The molecule has 90 heavy (non-hydrogen) atoms. The Bertz CT molecular complexity index is 2380. The first-order chi connectivity index (χ1) is 42.4. The number of unbranched alkanes of at least 4 members (excludes halogenated alkanes) is 5. The van der Waals surface area contributed by atoms with Crippen molar-refractivity contribution in [2.75, 3.05) is 32.7 Å². The highest BCUT2D eigenvalue weighted by Crippen LogP contribution is 2.19. The first kappa shape index (κ1) is 88.7. The lowest BCUT2D eigenvalue weighted by Gasteiger charge is -2.05. The van der Waals surface area contributed by atoms with Crippen LogP contribution in [0.1, 0.15) is 113 Å². The molecule has 31 heteroatoms. The van der Waals surface area contributed by atoms with Gasteiger partial charge in [-0.15, -0.1) is 0 Å². The van der Waals surface area contributed by atoms with Crippen molar-refractivity contribution in [2.24, 2.45) is 74.5 Å². The van der Waals surface area contributed by atoms with E-state index in [1.807, 2.05) is 60.8 Å². The van der Waals surface area contributed by atoms with E-state index in [0.29, 0.717) is 77.7 Å². The molecule has 0 spiro atoms. The Kier molecular flexibility index (Phi) is 55.6. The number of carbonyl (C=O) groups is 8. The van der Waals surface area contributed by atoms with Crippen molar-refractivity contribution >= 4 is 58.7 Å². The highest BCUT2D eigenvalue weighted by Gasteiger charge is 2.16. The fraction of sp³-hybridized carbons (Fsp3) is 0.525. The molecule has 0 radical (unpaired) electrons. The summed E-state index contributed by atoms with van der Waals surface area (Å²) in [5.74, 6) is -7.46. The molecular weight excluding hydrogens is 1180 g/mol. The Hall–Kier alpha value is -7.76. The van der Waals surface area contributed by atoms with Crippen LogP contribution in [0.4, 0.5) is 0 Å². The zero-order chi connectivity index (χ0) is 69.6. The number of rotatable bonds is 34. The van der Waals surface area contributed by atoms with Gasteiger partial charge in [-0.2, -0.15) is 0 Å². The van der Waals surface area contributed by atoms with Gasteiger partial charge >= 0.3 is 47.8 Å². The van der Waals surface area contributed by atoms with Gasteiger partial charge in [-0.3, -0.25) is 38.4 Å². The fourth-order valence-electron chi connectivity index (χ4n) is 6.71. The van der Waals surface area contributed by atoms with Crippen LogP contribution in [0.3, 0.4) is 0 Å². The van der Waals surface area contributed by atoms with E-state index in [4.69, 9.17) is 120 Å². The van der Waals surface area contributed by atoms with E-state index < -0.39 is 96.1 Å². The van der Waals surface area contributed by atoms with Crippen LogP contribution < -0.4 is 74.5 Å². The molecule has 0 amide bonds. The lowest BCUT2D eigenvalue weighted by molar-refractivity contribution is -0.139. The number of aromatic hydroxyl groups is 1. The van der Waals surface area contributed by atoms with Crippen LogP contribution in [0, 0.1) is 0 Å². The number of aromatic nitrogens is 1. The maximum atomic E-state index is 10.6. The average Bonchev–Trinajstić information content (AvgIpc) is 2.46. The highest BCUT2D eigenvalue weighted by molar-refractivity contribution is 5.84. The number of carboxylic acid groups (broad SMARTS) is 8. The fourth-order valence-corrected chi connectivity index (χ4v) is 6.71. The van der Waals surface area contributed by atoms with E-state index in [0.717, 1.165) is 91.8 Å². The Labute approximate surface area is 525 Å². The summed E-state index contributed by atoms with van der Waals surface area (Å²) >= 11 is 0. The largest absolute Gasteiger partial charge is 0.508 e. The average molecular weight is 1280 g/mol. The standard InChI is InChI=1S/C11H12N2O2.C9H11NO3.C9H11NO2.5C6H14N2O2/c12-9(11(14)15)5-7-6-13-10-4-2-1-3-8(7)10;10-8(9(12)13)5-6-1-3-7(11)4-2-6;10-8(9(11)12)6-7-4-2-1-3-5-7;5*7-4-2-1-3-5(8)6(9)10/h1-4,6,9,13H,5,12H2,(H,14,15);1-4,8,11H,5,10H2,(H,12,13);1-5,8H,6,10H2,(H,11,12);5*5H,1-4,7-8H2,(H,9,10). The molecule has 8 atom stereocenters. The molecule has 512 valence electrons. The van der Waals surface area contributed by atoms with Crippen molar-refractivity contribution in [3.63, 3.8) is 0 Å². The number of H-pyrrole nitrogens is 1.